The maximum atomic E-state index is 13.5. The van der Waals surface area contributed by atoms with Crippen molar-refractivity contribution in [2.24, 2.45) is 0 Å². The van der Waals surface area contributed by atoms with Crippen LogP contribution in [0.25, 0.3) is 16.7 Å². The van der Waals surface area contributed by atoms with Gasteiger partial charge in [-0.25, -0.2) is 9.37 Å². The van der Waals surface area contributed by atoms with Gasteiger partial charge in [0.1, 0.15) is 11.6 Å². The zero-order chi connectivity index (χ0) is 14.3. The molecular weight excluding hydrogens is 390 g/mol. The maximum absolute atomic E-state index is 13.5. The van der Waals surface area contributed by atoms with E-state index in [1.165, 1.54) is 12.1 Å². The normalized spacial score (nSPS) is 12.8. The number of aromatic nitrogens is 2. The third-order valence-corrected chi connectivity index (χ3v) is 3.93. The number of fused-ring (bicyclic) bond motifs is 1. The second kappa shape index (κ2) is 5.33. The zero-order valence-electron chi connectivity index (χ0n) is 10.6. The lowest BCUT2D eigenvalue weighted by Gasteiger charge is -2.11. The number of halogens is 3. The molecule has 1 heterocycles. The summed E-state index contributed by atoms with van der Waals surface area (Å²) in [6.45, 7) is 1.86. The van der Waals surface area contributed by atoms with Crippen molar-refractivity contribution in [3.05, 3.63) is 57.7 Å². The molecule has 0 fully saturated rings. The van der Waals surface area contributed by atoms with Gasteiger partial charge in [0, 0.05) is 15.3 Å². The van der Waals surface area contributed by atoms with Crippen molar-refractivity contribution < 1.29 is 4.39 Å². The van der Waals surface area contributed by atoms with Crippen LogP contribution in [0.4, 0.5) is 4.39 Å². The van der Waals surface area contributed by atoms with Crippen LogP contribution in [0.5, 0.6) is 0 Å². The SMILES string of the molecule is CC(Cl)c1nc2ccc(F)cc2n1-c1cccc(I)c1. The molecule has 1 aromatic heterocycles. The first-order valence-electron chi connectivity index (χ1n) is 6.14. The lowest BCUT2D eigenvalue weighted by Crippen LogP contribution is -2.02. The maximum Gasteiger partial charge on any atom is 0.132 e. The van der Waals surface area contributed by atoms with Gasteiger partial charge >= 0.3 is 0 Å². The third kappa shape index (κ3) is 2.42. The predicted molar refractivity (Wildman–Crippen MR) is 88.0 cm³/mol. The van der Waals surface area contributed by atoms with Crippen molar-refractivity contribution in [2.75, 3.05) is 0 Å². The highest BCUT2D eigenvalue weighted by molar-refractivity contribution is 14.1. The number of benzene rings is 2. The van der Waals surface area contributed by atoms with Crippen molar-refractivity contribution in [3.8, 4) is 5.69 Å². The van der Waals surface area contributed by atoms with Crippen LogP contribution in [-0.4, -0.2) is 9.55 Å². The van der Waals surface area contributed by atoms with Gasteiger partial charge in [0.15, 0.2) is 0 Å². The summed E-state index contributed by atoms with van der Waals surface area (Å²) in [7, 11) is 0. The van der Waals surface area contributed by atoms with Gasteiger partial charge in [0.2, 0.25) is 0 Å². The molecular formula is C15H11ClFIN2. The largest absolute Gasteiger partial charge is 0.295 e. The van der Waals surface area contributed by atoms with E-state index in [1.54, 1.807) is 6.07 Å². The standard InChI is InChI=1S/C15H11ClFIN2/c1-9(16)15-19-13-6-5-10(17)7-14(13)20(15)12-4-2-3-11(18)8-12/h2-9H,1H3. The highest BCUT2D eigenvalue weighted by Crippen LogP contribution is 2.29. The first-order chi connectivity index (χ1) is 9.56. The monoisotopic (exact) mass is 400 g/mol. The van der Waals surface area contributed by atoms with E-state index in [4.69, 9.17) is 11.6 Å². The van der Waals surface area contributed by atoms with Gasteiger partial charge in [-0.2, -0.15) is 0 Å². The van der Waals surface area contributed by atoms with Gasteiger partial charge in [0.05, 0.1) is 16.4 Å². The van der Waals surface area contributed by atoms with E-state index < -0.39 is 0 Å². The molecule has 2 aromatic carbocycles. The fraction of sp³-hybridized carbons (Fsp3) is 0.133. The summed E-state index contributed by atoms with van der Waals surface area (Å²) in [6, 6.07) is 12.5. The fourth-order valence-corrected chi connectivity index (χ4v) is 2.89. The van der Waals surface area contributed by atoms with Crippen molar-refractivity contribution >= 4 is 45.2 Å². The average molecular weight is 401 g/mol. The van der Waals surface area contributed by atoms with Crippen LogP contribution in [-0.2, 0) is 0 Å². The van der Waals surface area contributed by atoms with E-state index in [2.05, 4.69) is 27.6 Å². The fourth-order valence-electron chi connectivity index (χ4n) is 2.22. The molecule has 0 aliphatic heterocycles. The molecule has 102 valence electrons. The average Bonchev–Trinajstić information content (AvgIpc) is 2.77. The Hall–Kier alpha value is -1.14. The molecule has 0 aliphatic carbocycles. The highest BCUT2D eigenvalue weighted by Gasteiger charge is 2.16. The van der Waals surface area contributed by atoms with Gasteiger partial charge in [-0.05, 0) is 59.8 Å². The predicted octanol–water partition coefficient (Wildman–Crippen LogP) is 5.07. The van der Waals surface area contributed by atoms with Gasteiger partial charge in [-0.15, -0.1) is 11.6 Å². The Bertz CT molecular complexity index is 783. The van der Waals surface area contributed by atoms with E-state index >= 15 is 0 Å². The molecule has 20 heavy (non-hydrogen) atoms. The number of imidazole rings is 1. The van der Waals surface area contributed by atoms with E-state index in [0.717, 1.165) is 20.3 Å². The first kappa shape index (κ1) is 13.8. The minimum Gasteiger partial charge on any atom is -0.295 e. The summed E-state index contributed by atoms with van der Waals surface area (Å²) in [5.74, 6) is 0.437. The van der Waals surface area contributed by atoms with Crippen LogP contribution in [0, 0.1) is 9.39 Å². The molecule has 2 nitrogen and oxygen atoms in total. The molecule has 0 amide bonds. The topological polar surface area (TPSA) is 17.8 Å². The summed E-state index contributed by atoms with van der Waals surface area (Å²) >= 11 is 8.48. The molecule has 3 aromatic rings. The minimum absolute atomic E-state index is 0.261. The lowest BCUT2D eigenvalue weighted by molar-refractivity contribution is 0.629. The van der Waals surface area contributed by atoms with E-state index in [1.807, 2.05) is 35.8 Å². The number of hydrogen-bond acceptors (Lipinski definition) is 1. The highest BCUT2D eigenvalue weighted by atomic mass is 127. The summed E-state index contributed by atoms with van der Waals surface area (Å²) in [4.78, 5) is 4.52. The molecule has 3 rings (SSSR count). The Morgan fingerprint density at radius 1 is 1.25 bits per heavy atom. The van der Waals surface area contributed by atoms with Crippen LogP contribution in [0.3, 0.4) is 0 Å². The Balaban J connectivity index is 2.36. The van der Waals surface area contributed by atoms with Crippen LogP contribution in [0.1, 0.15) is 18.1 Å². The van der Waals surface area contributed by atoms with E-state index in [9.17, 15) is 4.39 Å². The van der Waals surface area contributed by atoms with Crippen molar-refractivity contribution in [1.82, 2.24) is 9.55 Å². The van der Waals surface area contributed by atoms with E-state index in [-0.39, 0.29) is 11.2 Å². The van der Waals surface area contributed by atoms with Crippen LogP contribution >= 0.6 is 34.2 Å². The zero-order valence-corrected chi connectivity index (χ0v) is 13.6. The van der Waals surface area contributed by atoms with Crippen molar-refractivity contribution in [2.45, 2.75) is 12.3 Å². The summed E-state index contributed by atoms with van der Waals surface area (Å²) in [5, 5.41) is -0.261. The van der Waals surface area contributed by atoms with Crippen LogP contribution in [0.15, 0.2) is 42.5 Å². The minimum atomic E-state index is -0.280. The van der Waals surface area contributed by atoms with Gasteiger partial charge in [-0.3, -0.25) is 4.57 Å². The Morgan fingerprint density at radius 3 is 2.75 bits per heavy atom. The van der Waals surface area contributed by atoms with E-state index in [0.29, 0.717) is 5.82 Å². The molecule has 0 radical (unpaired) electrons. The third-order valence-electron chi connectivity index (χ3n) is 3.06. The molecule has 5 heteroatoms. The smallest absolute Gasteiger partial charge is 0.132 e. The Labute approximate surface area is 134 Å². The molecule has 0 bridgehead atoms. The van der Waals surface area contributed by atoms with Gasteiger partial charge in [0.25, 0.3) is 0 Å². The number of rotatable bonds is 2. The summed E-state index contributed by atoms with van der Waals surface area (Å²) < 4.78 is 16.6. The summed E-state index contributed by atoms with van der Waals surface area (Å²) in [6.07, 6.45) is 0. The summed E-state index contributed by atoms with van der Waals surface area (Å²) in [5.41, 5.74) is 2.41. The van der Waals surface area contributed by atoms with Crippen LogP contribution < -0.4 is 0 Å². The van der Waals surface area contributed by atoms with Crippen LogP contribution in [0.2, 0.25) is 0 Å². The molecule has 0 saturated carbocycles. The number of hydrogen-bond donors (Lipinski definition) is 0. The second-order valence-electron chi connectivity index (χ2n) is 4.53. The Morgan fingerprint density at radius 2 is 2.05 bits per heavy atom. The first-order valence-corrected chi connectivity index (χ1v) is 7.65. The molecule has 0 N–H and O–H groups in total. The van der Waals surface area contributed by atoms with Gasteiger partial charge < -0.3 is 0 Å². The van der Waals surface area contributed by atoms with Crippen molar-refractivity contribution in [3.63, 3.8) is 0 Å². The molecule has 0 saturated heterocycles. The Kier molecular flexibility index (Phi) is 3.69. The molecule has 1 unspecified atom stereocenters. The molecule has 1 atom stereocenters. The van der Waals surface area contributed by atoms with Gasteiger partial charge in [-0.1, -0.05) is 6.07 Å². The molecule has 0 spiro atoms. The lowest BCUT2D eigenvalue weighted by atomic mass is 10.2. The number of nitrogens with zero attached hydrogens (tertiary/aromatic N) is 2. The number of alkyl halides is 1. The van der Waals surface area contributed by atoms with Crippen molar-refractivity contribution in [1.29, 1.82) is 0 Å². The second-order valence-corrected chi connectivity index (χ2v) is 6.43. The quantitative estimate of drug-likeness (QED) is 0.434. The molecule has 0 aliphatic rings.